The predicted molar refractivity (Wildman–Crippen MR) is 77.3 cm³/mol. The Morgan fingerprint density at radius 3 is 2.70 bits per heavy atom. The minimum Gasteiger partial charge on any atom is -0.534 e. The van der Waals surface area contributed by atoms with Crippen LogP contribution in [0, 0.1) is 5.82 Å². The van der Waals surface area contributed by atoms with Gasteiger partial charge < -0.3 is 20.1 Å². The van der Waals surface area contributed by atoms with Crippen molar-refractivity contribution in [1.29, 1.82) is 0 Å². The first kappa shape index (κ1) is 17.2. The average Bonchev–Trinajstić information content (AvgIpc) is 2.37. The van der Waals surface area contributed by atoms with Crippen molar-refractivity contribution in [2.45, 2.75) is 12.4 Å². The molecule has 0 spiro atoms. The molecule has 1 atom stereocenters. The third-order valence-electron chi connectivity index (χ3n) is 3.16. The zero-order valence-electron chi connectivity index (χ0n) is 11.9. The van der Waals surface area contributed by atoms with E-state index in [9.17, 15) is 27.4 Å². The number of carboxylic acids is 1. The Morgan fingerprint density at radius 2 is 2.13 bits per heavy atom. The van der Waals surface area contributed by atoms with Crippen molar-refractivity contribution in [3.8, 4) is 5.75 Å². The van der Waals surface area contributed by atoms with Crippen molar-refractivity contribution in [3.05, 3.63) is 29.1 Å². The van der Waals surface area contributed by atoms with E-state index in [-0.39, 0.29) is 17.7 Å². The van der Waals surface area contributed by atoms with E-state index in [4.69, 9.17) is 9.76 Å². The van der Waals surface area contributed by atoms with Crippen LogP contribution in [0.2, 0.25) is 0 Å². The molecule has 0 saturated carbocycles. The summed E-state index contributed by atoms with van der Waals surface area (Å²) in [6.45, 7) is 0. The van der Waals surface area contributed by atoms with Crippen LogP contribution in [0.1, 0.15) is 15.9 Å². The quantitative estimate of drug-likeness (QED) is 0.597. The standard InChI is InChI=1S/C12H13BFNO7S/c1-23(20,21)5-9(16)15-8-4-6-2-3-7(14)10(12(17)18)11(6)22-13(8)19/h2-3,8,19H,4-5H2,1H3,(H,15,16)(H,17,18). The van der Waals surface area contributed by atoms with Gasteiger partial charge in [0.2, 0.25) is 5.91 Å². The summed E-state index contributed by atoms with van der Waals surface area (Å²) in [4.78, 5) is 22.7. The molecule has 3 N–H and O–H groups in total. The summed E-state index contributed by atoms with van der Waals surface area (Å²) < 4.78 is 40.7. The van der Waals surface area contributed by atoms with Gasteiger partial charge in [-0.1, -0.05) is 6.07 Å². The first-order valence-electron chi connectivity index (χ1n) is 6.45. The third kappa shape index (κ3) is 3.99. The first-order valence-corrected chi connectivity index (χ1v) is 8.51. The summed E-state index contributed by atoms with van der Waals surface area (Å²) in [5.74, 6) is -5.44. The molecule has 1 heterocycles. The van der Waals surface area contributed by atoms with Crippen molar-refractivity contribution >= 4 is 28.8 Å². The summed E-state index contributed by atoms with van der Waals surface area (Å²) >= 11 is 0. The maximum absolute atomic E-state index is 13.6. The van der Waals surface area contributed by atoms with Crippen LogP contribution in [0.15, 0.2) is 12.1 Å². The largest absolute Gasteiger partial charge is 0.547 e. The topological polar surface area (TPSA) is 130 Å². The van der Waals surface area contributed by atoms with Crippen LogP contribution in [-0.2, 0) is 21.1 Å². The zero-order chi connectivity index (χ0) is 17.4. The molecule has 11 heteroatoms. The molecule has 0 bridgehead atoms. The fourth-order valence-corrected chi connectivity index (χ4v) is 2.81. The number of rotatable bonds is 4. The number of nitrogens with one attached hydrogen (secondary N) is 1. The van der Waals surface area contributed by atoms with Crippen LogP contribution < -0.4 is 9.97 Å². The SMILES string of the molecule is CS(=O)(=O)CC(=O)NC1Cc2ccc(F)c(C(=O)O)c2OB1O. The maximum atomic E-state index is 13.6. The molecule has 0 aliphatic carbocycles. The van der Waals surface area contributed by atoms with Crippen LogP contribution in [0.25, 0.3) is 0 Å². The molecule has 1 aromatic rings. The summed E-state index contributed by atoms with van der Waals surface area (Å²) in [5, 5.41) is 21.2. The maximum Gasteiger partial charge on any atom is 0.547 e. The Morgan fingerprint density at radius 1 is 1.48 bits per heavy atom. The van der Waals surface area contributed by atoms with Crippen molar-refractivity contribution < 1.29 is 37.2 Å². The Kier molecular flexibility index (Phi) is 4.62. The van der Waals surface area contributed by atoms with Gasteiger partial charge in [-0.25, -0.2) is 17.6 Å². The van der Waals surface area contributed by atoms with Gasteiger partial charge >= 0.3 is 13.1 Å². The highest BCUT2D eigenvalue weighted by molar-refractivity contribution is 7.91. The second kappa shape index (κ2) is 6.16. The Hall–Kier alpha value is -2.14. The normalized spacial score (nSPS) is 17.2. The molecule has 0 radical (unpaired) electrons. The number of carbonyl (C=O) groups is 2. The van der Waals surface area contributed by atoms with Gasteiger partial charge in [-0.2, -0.15) is 0 Å². The molecule has 1 unspecified atom stereocenters. The van der Waals surface area contributed by atoms with E-state index in [1.54, 1.807) is 0 Å². The summed E-state index contributed by atoms with van der Waals surface area (Å²) in [6.07, 6.45) is 0.851. The number of fused-ring (bicyclic) bond motifs is 1. The second-order valence-electron chi connectivity index (χ2n) is 5.17. The lowest BCUT2D eigenvalue weighted by atomic mass is 9.72. The number of hydrogen-bond donors (Lipinski definition) is 3. The van der Waals surface area contributed by atoms with E-state index in [0.717, 1.165) is 12.3 Å². The van der Waals surface area contributed by atoms with Gasteiger partial charge in [0.1, 0.15) is 22.9 Å². The molecule has 0 saturated heterocycles. The monoisotopic (exact) mass is 345 g/mol. The number of hydrogen-bond acceptors (Lipinski definition) is 6. The first-order chi connectivity index (χ1) is 10.6. The molecule has 1 aliphatic rings. The molecule has 0 fully saturated rings. The molecule has 124 valence electrons. The molecule has 1 aliphatic heterocycles. The van der Waals surface area contributed by atoms with E-state index in [0.29, 0.717) is 0 Å². The highest BCUT2D eigenvalue weighted by atomic mass is 32.2. The summed E-state index contributed by atoms with van der Waals surface area (Å²) in [6, 6.07) is 2.22. The van der Waals surface area contributed by atoms with Crippen LogP contribution in [0.3, 0.4) is 0 Å². The molecule has 8 nitrogen and oxygen atoms in total. The molecular formula is C12H13BFNO7S. The zero-order valence-corrected chi connectivity index (χ0v) is 12.8. The van der Waals surface area contributed by atoms with Crippen molar-refractivity contribution in [2.24, 2.45) is 0 Å². The number of carboxylic acid groups (broad SMARTS) is 1. The number of halogens is 1. The van der Waals surface area contributed by atoms with Crippen LogP contribution in [0.4, 0.5) is 4.39 Å². The van der Waals surface area contributed by atoms with Crippen molar-refractivity contribution in [1.82, 2.24) is 5.32 Å². The smallest absolute Gasteiger partial charge is 0.534 e. The van der Waals surface area contributed by atoms with Gasteiger partial charge in [0, 0.05) is 6.26 Å². The van der Waals surface area contributed by atoms with Gasteiger partial charge in [-0.15, -0.1) is 0 Å². The van der Waals surface area contributed by atoms with Gasteiger partial charge in [0.25, 0.3) is 0 Å². The van der Waals surface area contributed by atoms with Crippen LogP contribution in [0.5, 0.6) is 5.75 Å². The van der Waals surface area contributed by atoms with E-state index in [2.05, 4.69) is 5.32 Å². The van der Waals surface area contributed by atoms with E-state index in [1.165, 1.54) is 6.07 Å². The fraction of sp³-hybridized carbons (Fsp3) is 0.333. The number of amides is 1. The number of carbonyl (C=O) groups excluding carboxylic acids is 1. The minimum atomic E-state index is -3.54. The Labute approximate surface area is 131 Å². The number of aromatic carboxylic acids is 1. The van der Waals surface area contributed by atoms with E-state index < -0.39 is 51.9 Å². The average molecular weight is 345 g/mol. The van der Waals surface area contributed by atoms with Crippen molar-refractivity contribution in [3.63, 3.8) is 0 Å². The van der Waals surface area contributed by atoms with Crippen molar-refractivity contribution in [2.75, 3.05) is 12.0 Å². The highest BCUT2D eigenvalue weighted by Gasteiger charge is 2.38. The molecule has 0 aromatic heterocycles. The molecule has 23 heavy (non-hydrogen) atoms. The van der Waals surface area contributed by atoms with Crippen LogP contribution >= 0.6 is 0 Å². The molecule has 2 rings (SSSR count). The van der Waals surface area contributed by atoms with E-state index >= 15 is 0 Å². The Bertz CT molecular complexity index is 767. The minimum absolute atomic E-state index is 0.0352. The Balaban J connectivity index is 2.23. The third-order valence-corrected chi connectivity index (χ3v) is 3.95. The highest BCUT2D eigenvalue weighted by Crippen LogP contribution is 2.31. The fourth-order valence-electron chi connectivity index (χ4n) is 2.25. The number of benzene rings is 1. The van der Waals surface area contributed by atoms with Crippen LogP contribution in [-0.4, -0.2) is 55.5 Å². The lowest BCUT2D eigenvalue weighted by Gasteiger charge is -2.28. The van der Waals surface area contributed by atoms with Gasteiger partial charge in [0.15, 0.2) is 9.84 Å². The number of sulfone groups is 1. The molecule has 1 aromatic carbocycles. The van der Waals surface area contributed by atoms with Gasteiger partial charge in [-0.05, 0) is 18.1 Å². The second-order valence-corrected chi connectivity index (χ2v) is 7.31. The lowest BCUT2D eigenvalue weighted by Crippen LogP contribution is -2.54. The summed E-state index contributed by atoms with van der Waals surface area (Å²) in [5.41, 5.74) is -0.429. The molecular weight excluding hydrogens is 332 g/mol. The van der Waals surface area contributed by atoms with Gasteiger partial charge in [0.05, 0.1) is 5.94 Å². The lowest BCUT2D eigenvalue weighted by molar-refractivity contribution is -0.119. The van der Waals surface area contributed by atoms with Gasteiger partial charge in [-0.3, -0.25) is 4.79 Å². The summed E-state index contributed by atoms with van der Waals surface area (Å²) in [7, 11) is -5.17. The van der Waals surface area contributed by atoms with E-state index in [1.807, 2.05) is 0 Å². The predicted octanol–water partition coefficient (Wildman–Crippen LogP) is -0.992. The molecule has 1 amide bonds.